The van der Waals surface area contributed by atoms with Gasteiger partial charge in [-0.1, -0.05) is 30.7 Å². The Morgan fingerprint density at radius 1 is 1.32 bits per heavy atom. The van der Waals surface area contributed by atoms with Crippen LogP contribution in [0.4, 0.5) is 5.82 Å². The largest absolute Gasteiger partial charge is 0.453 e. The van der Waals surface area contributed by atoms with E-state index in [0.29, 0.717) is 22.2 Å². The number of nitrogens with zero attached hydrogens (tertiary/aromatic N) is 2. The monoisotopic (exact) mass is 273 g/mol. The second-order valence-electron chi connectivity index (χ2n) is 4.21. The maximum absolute atomic E-state index is 6.11. The molecular formula is C14H12ClN3O. The van der Waals surface area contributed by atoms with Crippen LogP contribution in [0.1, 0.15) is 12.5 Å². The second-order valence-corrected chi connectivity index (χ2v) is 4.62. The SMILES string of the molecule is CCc1c(N)ncnc1-c1cc2cccc(Cl)c2o1. The lowest BCUT2D eigenvalue weighted by molar-refractivity contribution is 0.627. The Hall–Kier alpha value is -2.07. The predicted octanol–water partition coefficient (Wildman–Crippen LogP) is 3.69. The summed E-state index contributed by atoms with van der Waals surface area (Å²) in [7, 11) is 0. The van der Waals surface area contributed by atoms with Crippen LogP contribution in [0.15, 0.2) is 35.0 Å². The average Bonchev–Trinajstić information content (AvgIpc) is 2.84. The van der Waals surface area contributed by atoms with Gasteiger partial charge >= 0.3 is 0 Å². The number of furan rings is 1. The summed E-state index contributed by atoms with van der Waals surface area (Å²) in [6.45, 7) is 2.01. The van der Waals surface area contributed by atoms with E-state index >= 15 is 0 Å². The smallest absolute Gasteiger partial charge is 0.154 e. The molecule has 0 fully saturated rings. The number of nitrogens with two attached hydrogens (primary N) is 1. The quantitative estimate of drug-likeness (QED) is 0.773. The average molecular weight is 274 g/mol. The Morgan fingerprint density at radius 3 is 2.89 bits per heavy atom. The zero-order valence-corrected chi connectivity index (χ0v) is 11.1. The first-order valence-electron chi connectivity index (χ1n) is 5.98. The van der Waals surface area contributed by atoms with E-state index in [1.54, 1.807) is 6.07 Å². The van der Waals surface area contributed by atoms with Gasteiger partial charge in [0.2, 0.25) is 0 Å². The highest BCUT2D eigenvalue weighted by Gasteiger charge is 2.15. The van der Waals surface area contributed by atoms with Crippen molar-refractivity contribution < 1.29 is 4.42 Å². The number of rotatable bonds is 2. The molecule has 0 atom stereocenters. The first kappa shape index (κ1) is 12.0. The summed E-state index contributed by atoms with van der Waals surface area (Å²) < 4.78 is 5.80. The van der Waals surface area contributed by atoms with Crippen LogP contribution >= 0.6 is 11.6 Å². The molecule has 2 heterocycles. The van der Waals surface area contributed by atoms with E-state index in [-0.39, 0.29) is 0 Å². The van der Waals surface area contributed by atoms with Crippen LogP contribution in [0.25, 0.3) is 22.4 Å². The molecule has 0 spiro atoms. The van der Waals surface area contributed by atoms with Gasteiger partial charge in [-0.2, -0.15) is 0 Å². The molecule has 0 aliphatic rings. The molecular weight excluding hydrogens is 262 g/mol. The van der Waals surface area contributed by atoms with E-state index in [2.05, 4.69) is 9.97 Å². The number of fused-ring (bicyclic) bond motifs is 1. The number of benzene rings is 1. The van der Waals surface area contributed by atoms with Crippen LogP contribution in [0, 0.1) is 0 Å². The standard InChI is InChI=1S/C14H12ClN3O/c1-2-9-12(17-7-18-14(9)16)11-6-8-4-3-5-10(15)13(8)19-11/h3-7H,2H2,1H3,(H2,16,17,18). The molecule has 96 valence electrons. The van der Waals surface area contributed by atoms with E-state index in [9.17, 15) is 0 Å². The molecule has 0 saturated heterocycles. The number of anilines is 1. The highest BCUT2D eigenvalue weighted by Crippen LogP contribution is 2.33. The molecule has 0 aliphatic carbocycles. The number of nitrogen functional groups attached to an aromatic ring is 1. The summed E-state index contributed by atoms with van der Waals surface area (Å²) in [6.07, 6.45) is 2.19. The van der Waals surface area contributed by atoms with Gasteiger partial charge in [-0.05, 0) is 18.6 Å². The molecule has 2 aromatic heterocycles. The number of hydrogen-bond donors (Lipinski definition) is 1. The van der Waals surface area contributed by atoms with Gasteiger partial charge < -0.3 is 10.2 Å². The highest BCUT2D eigenvalue weighted by molar-refractivity contribution is 6.34. The first-order valence-corrected chi connectivity index (χ1v) is 6.36. The van der Waals surface area contributed by atoms with E-state index in [4.69, 9.17) is 21.8 Å². The molecule has 3 rings (SSSR count). The molecule has 1 aromatic carbocycles. The van der Waals surface area contributed by atoms with Crippen molar-refractivity contribution in [3.8, 4) is 11.5 Å². The maximum atomic E-state index is 6.11. The van der Waals surface area contributed by atoms with Crippen LogP contribution in [-0.4, -0.2) is 9.97 Å². The van der Waals surface area contributed by atoms with Gasteiger partial charge in [0.15, 0.2) is 11.3 Å². The molecule has 0 radical (unpaired) electrons. The van der Waals surface area contributed by atoms with Crippen LogP contribution in [0.5, 0.6) is 0 Å². The van der Waals surface area contributed by atoms with Crippen molar-refractivity contribution in [1.29, 1.82) is 0 Å². The topological polar surface area (TPSA) is 64.9 Å². The zero-order chi connectivity index (χ0) is 13.4. The van der Waals surface area contributed by atoms with Gasteiger partial charge in [0.05, 0.1) is 5.02 Å². The minimum Gasteiger partial charge on any atom is -0.453 e. The summed E-state index contributed by atoms with van der Waals surface area (Å²) in [5.74, 6) is 1.15. The lowest BCUT2D eigenvalue weighted by Crippen LogP contribution is -2.00. The predicted molar refractivity (Wildman–Crippen MR) is 76.0 cm³/mol. The Morgan fingerprint density at radius 2 is 2.16 bits per heavy atom. The summed E-state index contributed by atoms with van der Waals surface area (Å²) in [6, 6.07) is 7.55. The molecule has 0 saturated carbocycles. The van der Waals surface area contributed by atoms with E-state index in [1.807, 2.05) is 25.1 Å². The molecule has 5 heteroatoms. The molecule has 2 N–H and O–H groups in total. The van der Waals surface area contributed by atoms with Crippen molar-refractivity contribution in [3.05, 3.63) is 41.2 Å². The number of para-hydroxylation sites is 1. The van der Waals surface area contributed by atoms with Gasteiger partial charge in [-0.25, -0.2) is 9.97 Å². The van der Waals surface area contributed by atoms with E-state index in [1.165, 1.54) is 6.33 Å². The molecule has 3 aromatic rings. The fourth-order valence-corrected chi connectivity index (χ4v) is 2.35. The molecule has 19 heavy (non-hydrogen) atoms. The lowest BCUT2D eigenvalue weighted by atomic mass is 10.1. The van der Waals surface area contributed by atoms with E-state index in [0.717, 1.165) is 23.1 Å². The Balaban J connectivity index is 2.25. The Labute approximate surface area is 115 Å². The Bertz CT molecular complexity index is 752. The molecule has 0 amide bonds. The number of hydrogen-bond acceptors (Lipinski definition) is 4. The van der Waals surface area contributed by atoms with Crippen molar-refractivity contribution in [2.75, 3.05) is 5.73 Å². The molecule has 4 nitrogen and oxygen atoms in total. The number of halogens is 1. The van der Waals surface area contributed by atoms with Gasteiger partial charge in [-0.15, -0.1) is 0 Å². The Kier molecular flexibility index (Phi) is 2.87. The van der Waals surface area contributed by atoms with Crippen molar-refractivity contribution in [3.63, 3.8) is 0 Å². The highest BCUT2D eigenvalue weighted by atomic mass is 35.5. The van der Waals surface area contributed by atoms with Crippen molar-refractivity contribution in [2.24, 2.45) is 0 Å². The van der Waals surface area contributed by atoms with Gasteiger partial charge in [-0.3, -0.25) is 0 Å². The number of aromatic nitrogens is 2. The van der Waals surface area contributed by atoms with Crippen LogP contribution < -0.4 is 5.73 Å². The minimum absolute atomic E-state index is 0.485. The third kappa shape index (κ3) is 1.94. The fourth-order valence-electron chi connectivity index (χ4n) is 2.13. The van der Waals surface area contributed by atoms with Crippen molar-refractivity contribution in [2.45, 2.75) is 13.3 Å². The van der Waals surface area contributed by atoms with Crippen molar-refractivity contribution in [1.82, 2.24) is 9.97 Å². The maximum Gasteiger partial charge on any atom is 0.154 e. The summed E-state index contributed by atoms with van der Waals surface area (Å²) in [4.78, 5) is 8.28. The zero-order valence-electron chi connectivity index (χ0n) is 10.4. The minimum atomic E-state index is 0.485. The molecule has 0 bridgehead atoms. The van der Waals surface area contributed by atoms with Crippen LogP contribution in [-0.2, 0) is 6.42 Å². The van der Waals surface area contributed by atoms with Gasteiger partial charge in [0.1, 0.15) is 17.8 Å². The van der Waals surface area contributed by atoms with E-state index < -0.39 is 0 Å². The lowest BCUT2D eigenvalue weighted by Gasteiger charge is -2.05. The summed E-state index contributed by atoms with van der Waals surface area (Å²) >= 11 is 6.11. The molecule has 0 unspecified atom stereocenters. The molecule has 0 aliphatic heterocycles. The summed E-state index contributed by atoms with van der Waals surface area (Å²) in [5.41, 5.74) is 8.15. The third-order valence-electron chi connectivity index (χ3n) is 3.06. The van der Waals surface area contributed by atoms with Crippen molar-refractivity contribution >= 4 is 28.4 Å². The summed E-state index contributed by atoms with van der Waals surface area (Å²) in [5, 5.41) is 1.53. The third-order valence-corrected chi connectivity index (χ3v) is 3.36. The fraction of sp³-hybridized carbons (Fsp3) is 0.143. The van der Waals surface area contributed by atoms with Gasteiger partial charge in [0, 0.05) is 10.9 Å². The normalized spacial score (nSPS) is 11.1. The van der Waals surface area contributed by atoms with Crippen LogP contribution in [0.2, 0.25) is 5.02 Å². The van der Waals surface area contributed by atoms with Gasteiger partial charge in [0.25, 0.3) is 0 Å². The van der Waals surface area contributed by atoms with Crippen LogP contribution in [0.3, 0.4) is 0 Å². The second kappa shape index (κ2) is 4.55. The first-order chi connectivity index (χ1) is 9.20.